The Morgan fingerprint density at radius 3 is 2.50 bits per heavy atom. The van der Waals surface area contributed by atoms with Gasteiger partial charge in [-0.2, -0.15) is 0 Å². The minimum atomic E-state index is -0.526. The molecule has 0 atom stereocenters. The third kappa shape index (κ3) is 3.40. The molecule has 2 aromatic heterocycles. The Balaban J connectivity index is 1.42. The van der Waals surface area contributed by atoms with Crippen LogP contribution in [0.3, 0.4) is 0 Å². The predicted molar refractivity (Wildman–Crippen MR) is 150 cm³/mol. The van der Waals surface area contributed by atoms with Gasteiger partial charge in [0.05, 0.1) is 24.3 Å². The fraction of sp³-hybridized carbons (Fsp3) is 0.290. The highest BCUT2D eigenvalue weighted by Crippen LogP contribution is 2.48. The number of para-hydroxylation sites is 1. The Bertz CT molecular complexity index is 1910. The number of furan rings is 1. The van der Waals surface area contributed by atoms with E-state index in [1.165, 1.54) is 6.07 Å². The first-order valence-electron chi connectivity index (χ1n) is 13.8. The standard InChI is InChI=1S/C31H26FN3O5/c32-22-14-20-27-30(28(22)33-8-4-1-5-9-33)40-26-15-19-18-6-2-3-7-24(18)39-25(19)16-23(26)35(27)17-21(29(20)36)31(37)34-10-12-38-13-11-34/h2-3,6-7,14-17H,1,4-5,8-13H2. The molecule has 3 aromatic carbocycles. The van der Waals surface area contributed by atoms with E-state index in [0.717, 1.165) is 35.6 Å². The molecule has 0 spiro atoms. The summed E-state index contributed by atoms with van der Waals surface area (Å²) < 4.78 is 35.8. The van der Waals surface area contributed by atoms with Gasteiger partial charge in [0.1, 0.15) is 27.9 Å². The molecule has 2 fully saturated rings. The van der Waals surface area contributed by atoms with Gasteiger partial charge in [0.15, 0.2) is 17.3 Å². The molecule has 202 valence electrons. The second-order valence-electron chi connectivity index (χ2n) is 10.6. The van der Waals surface area contributed by atoms with Crippen LogP contribution in [0.1, 0.15) is 29.6 Å². The Hall–Kier alpha value is -4.37. The third-order valence-electron chi connectivity index (χ3n) is 8.30. The molecule has 8 nitrogen and oxygen atoms in total. The van der Waals surface area contributed by atoms with Crippen molar-refractivity contribution in [3.05, 3.63) is 70.3 Å². The average molecular weight is 540 g/mol. The molecule has 0 N–H and O–H groups in total. The van der Waals surface area contributed by atoms with Crippen LogP contribution in [-0.4, -0.2) is 54.8 Å². The number of rotatable bonds is 2. The number of halogens is 1. The second kappa shape index (κ2) is 8.82. The third-order valence-corrected chi connectivity index (χ3v) is 8.30. The number of anilines is 1. The van der Waals surface area contributed by atoms with E-state index in [9.17, 15) is 9.59 Å². The molecule has 40 heavy (non-hydrogen) atoms. The normalized spacial score (nSPS) is 16.9. The van der Waals surface area contributed by atoms with Gasteiger partial charge < -0.3 is 28.3 Å². The Morgan fingerprint density at radius 2 is 1.68 bits per heavy atom. The van der Waals surface area contributed by atoms with Crippen molar-refractivity contribution >= 4 is 44.4 Å². The molecular weight excluding hydrogens is 513 g/mol. The monoisotopic (exact) mass is 539 g/mol. The molecule has 0 saturated carbocycles. The maximum Gasteiger partial charge on any atom is 0.259 e. The van der Waals surface area contributed by atoms with Gasteiger partial charge >= 0.3 is 0 Å². The molecule has 1 amide bonds. The lowest BCUT2D eigenvalue weighted by Crippen LogP contribution is -2.42. The van der Waals surface area contributed by atoms with Crippen molar-refractivity contribution in [1.82, 2.24) is 9.47 Å². The van der Waals surface area contributed by atoms with E-state index >= 15 is 4.39 Å². The van der Waals surface area contributed by atoms with Gasteiger partial charge in [-0.15, -0.1) is 0 Å². The summed E-state index contributed by atoms with van der Waals surface area (Å²) >= 11 is 0. The molecule has 0 aliphatic carbocycles. The van der Waals surface area contributed by atoms with Gasteiger partial charge in [-0.25, -0.2) is 4.39 Å². The summed E-state index contributed by atoms with van der Waals surface area (Å²) in [7, 11) is 0. The molecule has 2 saturated heterocycles. The number of nitrogens with zero attached hydrogens (tertiary/aromatic N) is 3. The Kier molecular flexibility index (Phi) is 5.19. The molecule has 5 aromatic rings. The van der Waals surface area contributed by atoms with E-state index in [2.05, 4.69) is 0 Å². The summed E-state index contributed by atoms with van der Waals surface area (Å²) in [4.78, 5) is 31.0. The van der Waals surface area contributed by atoms with E-state index < -0.39 is 11.2 Å². The highest BCUT2D eigenvalue weighted by Gasteiger charge is 2.32. The largest absolute Gasteiger partial charge is 0.456 e. The lowest BCUT2D eigenvalue weighted by atomic mass is 10.0. The maximum atomic E-state index is 16.0. The number of aromatic nitrogens is 1. The van der Waals surface area contributed by atoms with Gasteiger partial charge in [-0.1, -0.05) is 18.2 Å². The fourth-order valence-corrected chi connectivity index (χ4v) is 6.32. The van der Waals surface area contributed by atoms with Crippen LogP contribution < -0.4 is 15.1 Å². The number of fused-ring (bicyclic) bond motifs is 5. The van der Waals surface area contributed by atoms with Crippen molar-refractivity contribution in [3.63, 3.8) is 0 Å². The first kappa shape index (κ1) is 23.5. The zero-order chi connectivity index (χ0) is 27.0. The van der Waals surface area contributed by atoms with Crippen LogP contribution in [-0.2, 0) is 4.74 Å². The summed E-state index contributed by atoms with van der Waals surface area (Å²) in [6, 6.07) is 12.8. The quantitative estimate of drug-likeness (QED) is 0.285. The summed E-state index contributed by atoms with van der Waals surface area (Å²) in [6.07, 6.45) is 4.58. The summed E-state index contributed by atoms with van der Waals surface area (Å²) in [6.45, 7) is 3.01. The number of ether oxygens (including phenoxy) is 2. The number of hydrogen-bond donors (Lipinski definition) is 0. The van der Waals surface area contributed by atoms with Crippen LogP contribution in [0.15, 0.2) is 57.9 Å². The molecule has 5 heterocycles. The number of carbonyl (C=O) groups is 1. The molecule has 9 heteroatoms. The van der Waals surface area contributed by atoms with Gasteiger partial charge in [-0.05, 0) is 37.5 Å². The van der Waals surface area contributed by atoms with Crippen molar-refractivity contribution < 1.29 is 23.1 Å². The maximum absolute atomic E-state index is 16.0. The van der Waals surface area contributed by atoms with Crippen LogP contribution in [0, 0.1) is 5.82 Å². The number of carbonyl (C=O) groups excluding carboxylic acids is 1. The smallest absolute Gasteiger partial charge is 0.259 e. The van der Waals surface area contributed by atoms with Crippen LogP contribution in [0.5, 0.6) is 11.5 Å². The number of pyridine rings is 1. The van der Waals surface area contributed by atoms with E-state index in [4.69, 9.17) is 13.9 Å². The number of piperidine rings is 1. The van der Waals surface area contributed by atoms with Crippen molar-refractivity contribution in [2.24, 2.45) is 0 Å². The topological polar surface area (TPSA) is 77.2 Å². The number of hydrogen-bond acceptors (Lipinski definition) is 6. The summed E-state index contributed by atoms with van der Waals surface area (Å²) in [5.74, 6) is -0.106. The minimum absolute atomic E-state index is 0.0111. The van der Waals surface area contributed by atoms with E-state index in [1.807, 2.05) is 41.3 Å². The highest BCUT2D eigenvalue weighted by atomic mass is 19.1. The Labute approximate surface area is 228 Å². The van der Waals surface area contributed by atoms with Crippen LogP contribution >= 0.6 is 0 Å². The minimum Gasteiger partial charge on any atom is -0.456 e. The molecule has 0 bridgehead atoms. The van der Waals surface area contributed by atoms with Crippen LogP contribution in [0.25, 0.3) is 38.5 Å². The molecule has 3 aliphatic rings. The lowest BCUT2D eigenvalue weighted by Gasteiger charge is -2.33. The van der Waals surface area contributed by atoms with Crippen molar-refractivity contribution in [1.29, 1.82) is 0 Å². The molecule has 0 radical (unpaired) electrons. The van der Waals surface area contributed by atoms with Crippen molar-refractivity contribution in [2.75, 3.05) is 44.3 Å². The summed E-state index contributed by atoms with van der Waals surface area (Å²) in [5.41, 5.74) is 2.30. The second-order valence-corrected chi connectivity index (χ2v) is 10.6. The zero-order valence-electron chi connectivity index (χ0n) is 21.7. The summed E-state index contributed by atoms with van der Waals surface area (Å²) in [5, 5.41) is 1.93. The van der Waals surface area contributed by atoms with Crippen LogP contribution in [0.4, 0.5) is 10.1 Å². The number of benzene rings is 3. The number of morpholine rings is 1. The van der Waals surface area contributed by atoms with Gasteiger partial charge in [0, 0.05) is 49.2 Å². The van der Waals surface area contributed by atoms with Gasteiger partial charge in [0.25, 0.3) is 5.91 Å². The first-order valence-corrected chi connectivity index (χ1v) is 13.8. The van der Waals surface area contributed by atoms with E-state index in [1.54, 1.807) is 15.7 Å². The first-order chi connectivity index (χ1) is 19.6. The van der Waals surface area contributed by atoms with Gasteiger partial charge in [-0.3, -0.25) is 9.59 Å². The van der Waals surface area contributed by atoms with Crippen molar-refractivity contribution in [2.45, 2.75) is 19.3 Å². The molecular formula is C31H26FN3O5. The number of amides is 1. The van der Waals surface area contributed by atoms with Gasteiger partial charge in [0.2, 0.25) is 5.43 Å². The molecule has 3 aliphatic heterocycles. The molecule has 8 rings (SSSR count). The van der Waals surface area contributed by atoms with Crippen LogP contribution in [0.2, 0.25) is 0 Å². The predicted octanol–water partition coefficient (Wildman–Crippen LogP) is 5.60. The average Bonchev–Trinajstić information content (AvgIpc) is 3.35. The molecule has 0 unspecified atom stereocenters. The Morgan fingerprint density at radius 1 is 0.875 bits per heavy atom. The van der Waals surface area contributed by atoms with E-state index in [0.29, 0.717) is 73.4 Å². The zero-order valence-corrected chi connectivity index (χ0v) is 21.7. The van der Waals surface area contributed by atoms with E-state index in [-0.39, 0.29) is 16.9 Å². The highest BCUT2D eigenvalue weighted by molar-refractivity contribution is 6.07. The lowest BCUT2D eigenvalue weighted by molar-refractivity contribution is 0.0302. The SMILES string of the molecule is O=C(c1cn2c3c(c(N4CCCCC4)c(F)cc3c1=O)Oc1cc3c(cc1-2)oc1ccccc13)N1CCOCC1. The van der Waals surface area contributed by atoms with Crippen molar-refractivity contribution in [3.8, 4) is 17.2 Å². The fourth-order valence-electron chi connectivity index (χ4n) is 6.32.